The van der Waals surface area contributed by atoms with Crippen molar-refractivity contribution in [3.05, 3.63) is 42.7 Å². The quantitative estimate of drug-likeness (QED) is 0.716. The van der Waals surface area contributed by atoms with Gasteiger partial charge in [-0.25, -0.2) is 0 Å². The summed E-state index contributed by atoms with van der Waals surface area (Å²) in [5.74, 6) is 1.68. The lowest BCUT2D eigenvalue weighted by Gasteiger charge is -2.07. The summed E-state index contributed by atoms with van der Waals surface area (Å²) < 4.78 is 16.1. The molecule has 3 nitrogen and oxygen atoms in total. The number of rotatable bonds is 6. The maximum Gasteiger partial charge on any atom is 0.133 e. The lowest BCUT2D eigenvalue weighted by atomic mass is 10.2. The van der Waals surface area contributed by atoms with Gasteiger partial charge >= 0.3 is 0 Å². The summed E-state index contributed by atoms with van der Waals surface area (Å²) in [6.07, 6.45) is 1.66. The Kier molecular flexibility index (Phi) is 4.22. The second-order valence-electron chi connectivity index (χ2n) is 3.55. The van der Waals surface area contributed by atoms with E-state index in [9.17, 15) is 0 Å². The molecule has 17 heavy (non-hydrogen) atoms. The highest BCUT2D eigenvalue weighted by atomic mass is 16.5. The fourth-order valence-electron chi connectivity index (χ4n) is 1.54. The molecule has 0 N–H and O–H groups in total. The van der Waals surface area contributed by atoms with E-state index in [1.54, 1.807) is 6.26 Å². The van der Waals surface area contributed by atoms with Gasteiger partial charge in [-0.3, -0.25) is 0 Å². The first-order valence-corrected chi connectivity index (χ1v) is 5.74. The van der Waals surface area contributed by atoms with Crippen LogP contribution in [0.25, 0.3) is 11.3 Å². The summed E-state index contributed by atoms with van der Waals surface area (Å²) in [6, 6.07) is 11.6. The molecule has 0 aliphatic rings. The third-order valence-electron chi connectivity index (χ3n) is 2.34. The molecular weight excluding hydrogens is 216 g/mol. The molecule has 0 saturated carbocycles. The molecule has 0 bridgehead atoms. The molecule has 1 heterocycles. The maximum absolute atomic E-state index is 5.58. The molecule has 0 saturated heterocycles. The fourth-order valence-corrected chi connectivity index (χ4v) is 1.54. The van der Waals surface area contributed by atoms with Gasteiger partial charge in [0, 0.05) is 12.2 Å². The van der Waals surface area contributed by atoms with Crippen LogP contribution in [0, 0.1) is 0 Å². The SMILES string of the molecule is CCOCCOc1cccc(-c2ccco2)c1. The molecule has 2 rings (SSSR count). The summed E-state index contributed by atoms with van der Waals surface area (Å²) >= 11 is 0. The predicted octanol–water partition coefficient (Wildman–Crippen LogP) is 3.36. The first-order chi connectivity index (χ1) is 8.40. The Morgan fingerprint density at radius 3 is 2.82 bits per heavy atom. The fraction of sp³-hybridized carbons (Fsp3) is 0.286. The standard InChI is InChI=1S/C14H16O3/c1-2-15-9-10-16-13-6-3-5-12(11-13)14-7-4-8-17-14/h3-8,11H,2,9-10H2,1H3. The van der Waals surface area contributed by atoms with Gasteiger partial charge in [0.1, 0.15) is 18.1 Å². The molecule has 0 atom stereocenters. The van der Waals surface area contributed by atoms with Crippen LogP contribution in [0.5, 0.6) is 5.75 Å². The van der Waals surface area contributed by atoms with Crippen molar-refractivity contribution in [2.45, 2.75) is 6.92 Å². The predicted molar refractivity (Wildman–Crippen MR) is 66.1 cm³/mol. The van der Waals surface area contributed by atoms with Crippen molar-refractivity contribution >= 4 is 0 Å². The third-order valence-corrected chi connectivity index (χ3v) is 2.34. The topological polar surface area (TPSA) is 31.6 Å². The summed E-state index contributed by atoms with van der Waals surface area (Å²) in [4.78, 5) is 0. The molecule has 3 heteroatoms. The van der Waals surface area contributed by atoms with Crippen molar-refractivity contribution in [3.8, 4) is 17.1 Å². The van der Waals surface area contributed by atoms with E-state index in [0.717, 1.165) is 23.7 Å². The molecule has 0 aliphatic carbocycles. The smallest absolute Gasteiger partial charge is 0.133 e. The Labute approximate surface area is 101 Å². The normalized spacial score (nSPS) is 10.4. The Morgan fingerprint density at radius 2 is 2.06 bits per heavy atom. The van der Waals surface area contributed by atoms with Gasteiger partial charge in [0.25, 0.3) is 0 Å². The number of ether oxygens (including phenoxy) is 2. The summed E-state index contributed by atoms with van der Waals surface area (Å²) in [5, 5.41) is 0. The van der Waals surface area contributed by atoms with Gasteiger partial charge < -0.3 is 13.9 Å². The second-order valence-corrected chi connectivity index (χ2v) is 3.55. The molecule has 1 aromatic carbocycles. The zero-order valence-corrected chi connectivity index (χ0v) is 9.89. The molecule has 0 aliphatic heterocycles. The highest BCUT2D eigenvalue weighted by Gasteiger charge is 2.01. The van der Waals surface area contributed by atoms with E-state index in [0.29, 0.717) is 13.2 Å². The number of benzene rings is 1. The lowest BCUT2D eigenvalue weighted by molar-refractivity contribution is 0.110. The largest absolute Gasteiger partial charge is 0.491 e. The van der Waals surface area contributed by atoms with Crippen molar-refractivity contribution < 1.29 is 13.9 Å². The van der Waals surface area contributed by atoms with Crippen molar-refractivity contribution in [3.63, 3.8) is 0 Å². The molecule has 0 fully saturated rings. The van der Waals surface area contributed by atoms with E-state index >= 15 is 0 Å². The van der Waals surface area contributed by atoms with Crippen LogP contribution < -0.4 is 4.74 Å². The Hall–Kier alpha value is -1.74. The minimum absolute atomic E-state index is 0.565. The Morgan fingerprint density at radius 1 is 1.12 bits per heavy atom. The van der Waals surface area contributed by atoms with Crippen molar-refractivity contribution in [1.29, 1.82) is 0 Å². The number of furan rings is 1. The van der Waals surface area contributed by atoms with Crippen LogP contribution in [0.4, 0.5) is 0 Å². The molecule has 1 aromatic heterocycles. The monoisotopic (exact) mass is 232 g/mol. The van der Waals surface area contributed by atoms with Crippen LogP contribution in [-0.4, -0.2) is 19.8 Å². The third kappa shape index (κ3) is 3.36. The summed E-state index contributed by atoms with van der Waals surface area (Å²) in [6.45, 7) is 3.87. The molecule has 2 aromatic rings. The van der Waals surface area contributed by atoms with Gasteiger partial charge in [-0.15, -0.1) is 0 Å². The van der Waals surface area contributed by atoms with Crippen LogP contribution in [0.2, 0.25) is 0 Å². The average molecular weight is 232 g/mol. The number of hydrogen-bond acceptors (Lipinski definition) is 3. The van der Waals surface area contributed by atoms with Gasteiger partial charge in [-0.05, 0) is 31.2 Å². The zero-order chi connectivity index (χ0) is 11.9. The number of hydrogen-bond donors (Lipinski definition) is 0. The molecule has 0 spiro atoms. The highest BCUT2D eigenvalue weighted by molar-refractivity contribution is 5.59. The van der Waals surface area contributed by atoms with E-state index in [1.165, 1.54) is 0 Å². The summed E-state index contributed by atoms with van der Waals surface area (Å²) in [5.41, 5.74) is 1.02. The average Bonchev–Trinajstić information content (AvgIpc) is 2.89. The van der Waals surface area contributed by atoms with E-state index in [1.807, 2.05) is 43.3 Å². The summed E-state index contributed by atoms with van der Waals surface area (Å²) in [7, 11) is 0. The van der Waals surface area contributed by atoms with Gasteiger partial charge in [-0.1, -0.05) is 12.1 Å². The Balaban J connectivity index is 1.97. The van der Waals surface area contributed by atoms with Crippen molar-refractivity contribution in [2.75, 3.05) is 19.8 Å². The highest BCUT2D eigenvalue weighted by Crippen LogP contribution is 2.23. The molecule has 0 amide bonds. The van der Waals surface area contributed by atoms with E-state index in [2.05, 4.69) is 0 Å². The van der Waals surface area contributed by atoms with Crippen LogP contribution in [-0.2, 0) is 4.74 Å². The molecule has 90 valence electrons. The van der Waals surface area contributed by atoms with Crippen LogP contribution in [0.1, 0.15) is 6.92 Å². The van der Waals surface area contributed by atoms with Gasteiger partial charge in [-0.2, -0.15) is 0 Å². The minimum Gasteiger partial charge on any atom is -0.491 e. The molecule has 0 unspecified atom stereocenters. The minimum atomic E-state index is 0.565. The van der Waals surface area contributed by atoms with Crippen LogP contribution in [0.3, 0.4) is 0 Å². The maximum atomic E-state index is 5.58. The molecule has 0 radical (unpaired) electrons. The van der Waals surface area contributed by atoms with Crippen molar-refractivity contribution in [2.24, 2.45) is 0 Å². The molecular formula is C14H16O3. The van der Waals surface area contributed by atoms with E-state index in [-0.39, 0.29) is 0 Å². The van der Waals surface area contributed by atoms with E-state index in [4.69, 9.17) is 13.9 Å². The van der Waals surface area contributed by atoms with Gasteiger partial charge in [0.2, 0.25) is 0 Å². The lowest BCUT2D eigenvalue weighted by Crippen LogP contribution is -2.06. The first kappa shape index (κ1) is 11.7. The van der Waals surface area contributed by atoms with E-state index < -0.39 is 0 Å². The van der Waals surface area contributed by atoms with Crippen molar-refractivity contribution in [1.82, 2.24) is 0 Å². The van der Waals surface area contributed by atoms with Crippen LogP contribution >= 0.6 is 0 Å². The first-order valence-electron chi connectivity index (χ1n) is 5.74. The van der Waals surface area contributed by atoms with Gasteiger partial charge in [0.05, 0.1) is 12.9 Å². The van der Waals surface area contributed by atoms with Crippen LogP contribution in [0.15, 0.2) is 47.1 Å². The van der Waals surface area contributed by atoms with Gasteiger partial charge in [0.15, 0.2) is 0 Å². The zero-order valence-electron chi connectivity index (χ0n) is 9.89. The Bertz CT molecular complexity index is 434. The second kappa shape index (κ2) is 6.11.